The molecule has 0 unspecified atom stereocenters. The minimum absolute atomic E-state index is 0.140. The Bertz CT molecular complexity index is 202. The molecule has 78 valence electrons. The van der Waals surface area contributed by atoms with Crippen LogP contribution in [-0.4, -0.2) is 5.11 Å². The standard InChI is InChI=1S/C7H8O.C6H12/c8-6-7-4-2-1-3-5-7;1-2-4-6-5-3-1/h1-5,8H,6H2;1-6H2. The van der Waals surface area contributed by atoms with Crippen molar-refractivity contribution in [3.8, 4) is 0 Å². The van der Waals surface area contributed by atoms with E-state index in [0.717, 1.165) is 5.56 Å². The molecule has 2 rings (SSSR count). The second-order valence-electron chi connectivity index (χ2n) is 3.77. The van der Waals surface area contributed by atoms with E-state index in [-0.39, 0.29) is 6.61 Å². The normalized spacial score (nSPS) is 15.5. The molecular weight excluding hydrogens is 172 g/mol. The van der Waals surface area contributed by atoms with Gasteiger partial charge in [0.05, 0.1) is 6.61 Å². The molecule has 1 aromatic rings. The number of hydrogen-bond acceptors (Lipinski definition) is 1. The molecule has 1 saturated carbocycles. The van der Waals surface area contributed by atoms with E-state index < -0.39 is 0 Å². The first-order valence-corrected chi connectivity index (χ1v) is 5.58. The maximum absolute atomic E-state index is 8.54. The van der Waals surface area contributed by atoms with Crippen molar-refractivity contribution < 1.29 is 5.11 Å². The van der Waals surface area contributed by atoms with E-state index in [9.17, 15) is 0 Å². The van der Waals surface area contributed by atoms with E-state index in [1.807, 2.05) is 30.3 Å². The number of hydrogen-bond donors (Lipinski definition) is 1. The molecule has 0 spiro atoms. The molecule has 1 aliphatic rings. The Morgan fingerprint density at radius 1 is 0.786 bits per heavy atom. The van der Waals surface area contributed by atoms with Crippen molar-refractivity contribution in [3.05, 3.63) is 35.9 Å². The molecule has 1 nitrogen and oxygen atoms in total. The van der Waals surface area contributed by atoms with Gasteiger partial charge in [0, 0.05) is 0 Å². The summed E-state index contributed by atoms with van der Waals surface area (Å²) in [5.74, 6) is 0. The second kappa shape index (κ2) is 7.57. The van der Waals surface area contributed by atoms with Gasteiger partial charge in [0.25, 0.3) is 0 Å². The number of aliphatic hydroxyl groups is 1. The van der Waals surface area contributed by atoms with Crippen LogP contribution in [-0.2, 0) is 6.61 Å². The van der Waals surface area contributed by atoms with Crippen molar-refractivity contribution in [2.24, 2.45) is 0 Å². The fourth-order valence-electron chi connectivity index (χ4n) is 1.64. The third kappa shape index (κ3) is 5.03. The molecule has 1 aromatic carbocycles. The van der Waals surface area contributed by atoms with Gasteiger partial charge in [0.2, 0.25) is 0 Å². The summed E-state index contributed by atoms with van der Waals surface area (Å²) in [5, 5.41) is 8.54. The molecule has 0 bridgehead atoms. The van der Waals surface area contributed by atoms with E-state index >= 15 is 0 Å². The zero-order chi connectivity index (χ0) is 10.1. The molecule has 0 aromatic heterocycles. The lowest BCUT2D eigenvalue weighted by Crippen LogP contribution is -1.85. The van der Waals surface area contributed by atoms with Gasteiger partial charge < -0.3 is 5.11 Å². The molecule has 0 amide bonds. The molecular formula is C13H20O. The molecule has 1 N–H and O–H groups in total. The molecule has 0 radical (unpaired) electrons. The average molecular weight is 192 g/mol. The SMILES string of the molecule is C1CCCCC1.OCc1ccccc1. The predicted octanol–water partition coefficient (Wildman–Crippen LogP) is 3.52. The maximum Gasteiger partial charge on any atom is 0.0681 e. The van der Waals surface area contributed by atoms with Gasteiger partial charge in [-0.3, -0.25) is 0 Å². The van der Waals surface area contributed by atoms with E-state index in [1.54, 1.807) is 0 Å². The smallest absolute Gasteiger partial charge is 0.0681 e. The van der Waals surface area contributed by atoms with Crippen LogP contribution in [0, 0.1) is 0 Å². The highest BCUT2D eigenvalue weighted by atomic mass is 16.3. The van der Waals surface area contributed by atoms with E-state index in [0.29, 0.717) is 0 Å². The number of aliphatic hydroxyl groups excluding tert-OH is 1. The minimum Gasteiger partial charge on any atom is -0.392 e. The largest absolute Gasteiger partial charge is 0.392 e. The average Bonchev–Trinajstić information content (AvgIpc) is 2.33. The monoisotopic (exact) mass is 192 g/mol. The maximum atomic E-state index is 8.54. The third-order valence-electron chi connectivity index (χ3n) is 2.53. The number of rotatable bonds is 1. The Kier molecular flexibility index (Phi) is 6.09. The van der Waals surface area contributed by atoms with Crippen LogP contribution in [0.1, 0.15) is 44.1 Å². The summed E-state index contributed by atoms with van der Waals surface area (Å²) in [6, 6.07) is 9.52. The molecule has 14 heavy (non-hydrogen) atoms. The zero-order valence-electron chi connectivity index (χ0n) is 8.78. The fraction of sp³-hybridized carbons (Fsp3) is 0.538. The summed E-state index contributed by atoms with van der Waals surface area (Å²) in [6.07, 6.45) is 9.00. The summed E-state index contributed by atoms with van der Waals surface area (Å²) in [6.45, 7) is 0.140. The van der Waals surface area contributed by atoms with Crippen LogP contribution in [0.2, 0.25) is 0 Å². The summed E-state index contributed by atoms with van der Waals surface area (Å²) < 4.78 is 0. The Labute approximate surface area is 86.8 Å². The lowest BCUT2D eigenvalue weighted by atomic mass is 10.0. The highest BCUT2D eigenvalue weighted by Crippen LogP contribution is 2.15. The minimum atomic E-state index is 0.140. The van der Waals surface area contributed by atoms with Gasteiger partial charge >= 0.3 is 0 Å². The van der Waals surface area contributed by atoms with Gasteiger partial charge in [-0.05, 0) is 5.56 Å². The lowest BCUT2D eigenvalue weighted by molar-refractivity contribution is 0.282. The summed E-state index contributed by atoms with van der Waals surface area (Å²) >= 11 is 0. The molecule has 0 atom stereocenters. The van der Waals surface area contributed by atoms with Crippen LogP contribution >= 0.6 is 0 Å². The van der Waals surface area contributed by atoms with Crippen molar-refractivity contribution in [3.63, 3.8) is 0 Å². The van der Waals surface area contributed by atoms with Crippen molar-refractivity contribution in [1.82, 2.24) is 0 Å². The van der Waals surface area contributed by atoms with Gasteiger partial charge in [-0.15, -0.1) is 0 Å². The van der Waals surface area contributed by atoms with Crippen LogP contribution in [0.5, 0.6) is 0 Å². The Hall–Kier alpha value is -0.820. The van der Waals surface area contributed by atoms with Crippen molar-refractivity contribution in [1.29, 1.82) is 0 Å². The van der Waals surface area contributed by atoms with Crippen LogP contribution in [0.3, 0.4) is 0 Å². The van der Waals surface area contributed by atoms with E-state index in [4.69, 9.17) is 5.11 Å². The van der Waals surface area contributed by atoms with Gasteiger partial charge in [-0.1, -0.05) is 68.9 Å². The quantitative estimate of drug-likeness (QED) is 0.721. The van der Waals surface area contributed by atoms with Crippen LogP contribution in [0.4, 0.5) is 0 Å². The Balaban J connectivity index is 0.000000146. The van der Waals surface area contributed by atoms with Crippen molar-refractivity contribution in [2.45, 2.75) is 45.1 Å². The lowest BCUT2D eigenvalue weighted by Gasteiger charge is -2.05. The first-order valence-electron chi connectivity index (χ1n) is 5.58. The van der Waals surface area contributed by atoms with Gasteiger partial charge in [0.1, 0.15) is 0 Å². The predicted molar refractivity (Wildman–Crippen MR) is 60.1 cm³/mol. The van der Waals surface area contributed by atoms with Crippen LogP contribution in [0.15, 0.2) is 30.3 Å². The summed E-state index contributed by atoms with van der Waals surface area (Å²) in [7, 11) is 0. The fourth-order valence-corrected chi connectivity index (χ4v) is 1.64. The summed E-state index contributed by atoms with van der Waals surface area (Å²) in [4.78, 5) is 0. The first-order chi connectivity index (χ1) is 6.93. The second-order valence-corrected chi connectivity index (χ2v) is 3.77. The van der Waals surface area contributed by atoms with Gasteiger partial charge in [0.15, 0.2) is 0 Å². The number of benzene rings is 1. The zero-order valence-corrected chi connectivity index (χ0v) is 8.78. The third-order valence-corrected chi connectivity index (χ3v) is 2.53. The van der Waals surface area contributed by atoms with Gasteiger partial charge in [-0.2, -0.15) is 0 Å². The van der Waals surface area contributed by atoms with Crippen LogP contribution in [0.25, 0.3) is 0 Å². The summed E-state index contributed by atoms with van der Waals surface area (Å²) in [5.41, 5.74) is 0.965. The Morgan fingerprint density at radius 3 is 1.50 bits per heavy atom. The topological polar surface area (TPSA) is 20.2 Å². The molecule has 1 heteroatoms. The first kappa shape index (κ1) is 11.3. The van der Waals surface area contributed by atoms with Crippen molar-refractivity contribution >= 4 is 0 Å². The molecule has 0 saturated heterocycles. The van der Waals surface area contributed by atoms with Gasteiger partial charge in [-0.25, -0.2) is 0 Å². The highest BCUT2D eigenvalue weighted by Gasteiger charge is 1.95. The van der Waals surface area contributed by atoms with E-state index in [1.165, 1.54) is 38.5 Å². The van der Waals surface area contributed by atoms with Crippen molar-refractivity contribution in [2.75, 3.05) is 0 Å². The molecule has 0 aliphatic heterocycles. The molecule has 1 aliphatic carbocycles. The highest BCUT2D eigenvalue weighted by molar-refractivity contribution is 5.12. The molecule has 0 heterocycles. The Morgan fingerprint density at radius 2 is 1.21 bits per heavy atom. The molecule has 1 fully saturated rings. The van der Waals surface area contributed by atoms with E-state index in [2.05, 4.69) is 0 Å². The van der Waals surface area contributed by atoms with Crippen LogP contribution < -0.4 is 0 Å².